The van der Waals surface area contributed by atoms with Gasteiger partial charge in [0.05, 0.1) is 11.1 Å². The average molecular weight is 756 g/mol. The fourth-order valence-corrected chi connectivity index (χ4v) is 15.8. The number of anilines is 1. The van der Waals surface area contributed by atoms with E-state index in [1.54, 1.807) is 18.2 Å². The van der Waals surface area contributed by atoms with Crippen LogP contribution < -0.4 is 15.0 Å². The van der Waals surface area contributed by atoms with Crippen molar-refractivity contribution in [2.45, 2.75) is 114 Å². The number of fused-ring (bicyclic) bond motifs is 5. The lowest BCUT2D eigenvalue weighted by Crippen LogP contribution is -2.51. The Kier molecular flexibility index (Phi) is 9.63. The molecule has 4 aliphatic rings. The van der Waals surface area contributed by atoms with Crippen LogP contribution in [0, 0.1) is 23.1 Å². The highest BCUT2D eigenvalue weighted by molar-refractivity contribution is 6.90. The molecular formula is C43H52F3N5O2Si. The minimum Gasteiger partial charge on any atom is -0.508 e. The number of phenolic OH excluding ortho intramolecular Hbond substituents is 1. The van der Waals surface area contributed by atoms with Gasteiger partial charge < -0.3 is 20.1 Å². The maximum atomic E-state index is 17.4. The molecule has 8 rings (SSSR count). The number of hydrogen-bond acceptors (Lipinski definition) is 7. The Morgan fingerprint density at radius 2 is 1.69 bits per heavy atom. The molecule has 4 fully saturated rings. The highest BCUT2D eigenvalue weighted by atomic mass is 28.3. The van der Waals surface area contributed by atoms with E-state index in [0.29, 0.717) is 69.2 Å². The average Bonchev–Trinajstić information content (AvgIpc) is 3.77. The molecule has 4 saturated heterocycles. The minimum absolute atomic E-state index is 0.0543. The van der Waals surface area contributed by atoms with E-state index in [1.807, 2.05) is 6.07 Å². The number of halogens is 3. The fraction of sp³-hybridized carbons (Fsp3) is 0.535. The molecule has 0 unspecified atom stereocenters. The van der Waals surface area contributed by atoms with Crippen molar-refractivity contribution in [1.82, 2.24) is 20.2 Å². The molecule has 4 aromatic rings. The topological polar surface area (TPSA) is 73.8 Å². The summed E-state index contributed by atoms with van der Waals surface area (Å²) in [6.07, 6.45) is 3.42. The van der Waals surface area contributed by atoms with Crippen LogP contribution in [-0.2, 0) is 0 Å². The number of alkyl halides is 1. The molecule has 0 saturated carbocycles. The van der Waals surface area contributed by atoms with E-state index in [2.05, 4.69) is 68.1 Å². The highest BCUT2D eigenvalue weighted by Gasteiger charge is 2.49. The Morgan fingerprint density at radius 3 is 2.39 bits per heavy atom. The van der Waals surface area contributed by atoms with Gasteiger partial charge in [-0.3, -0.25) is 4.90 Å². The van der Waals surface area contributed by atoms with Crippen LogP contribution in [0.2, 0.25) is 16.6 Å². The second-order valence-corrected chi connectivity index (χ2v) is 22.8. The largest absolute Gasteiger partial charge is 0.508 e. The first kappa shape index (κ1) is 37.1. The summed E-state index contributed by atoms with van der Waals surface area (Å²) in [6, 6.07) is 10.2. The van der Waals surface area contributed by atoms with Crippen molar-refractivity contribution < 1.29 is 23.0 Å². The van der Waals surface area contributed by atoms with Crippen molar-refractivity contribution in [3.63, 3.8) is 0 Å². The van der Waals surface area contributed by atoms with Crippen molar-refractivity contribution in [1.29, 1.82) is 0 Å². The summed E-state index contributed by atoms with van der Waals surface area (Å²) in [7, 11) is -2.26. The summed E-state index contributed by atoms with van der Waals surface area (Å²) >= 11 is 0. The second-order valence-electron chi connectivity index (χ2n) is 17.2. The standard InChI is InChI=1S/C43H52F3N5O2Si/c1-25(2)54(26(3)4,27(5)6)17-14-34-37(45)13-8-28-18-32(52)19-36(38(28)34)33-11-12-35-40(39(33)46)48-42(49-41(35)50-22-30-9-10-31(23-50)47-30)53-24-43-15-7-16-51(43)21-29(44)20-43/h8,11-13,18-19,25-27,29-31,47,52H,7,9-10,15-16,20-24H2,1-6H3/t29-,30-,31+,43+/m1/s1. The Hall–Kier alpha value is -3.85. The lowest BCUT2D eigenvalue weighted by Gasteiger charge is -2.38. The molecule has 0 spiro atoms. The first-order valence-corrected chi connectivity index (χ1v) is 22.0. The molecule has 0 aliphatic carbocycles. The Bertz CT molecular complexity index is 2130. The van der Waals surface area contributed by atoms with Crippen LogP contribution in [0.3, 0.4) is 0 Å². The number of ether oxygens (including phenoxy) is 1. The SMILES string of the molecule is CC(C)[Si](C#Cc1c(F)ccc2cc(O)cc(-c3ccc4c(N5C[C@H]6CC[C@@H](C5)N6)nc(OC[C@@]56CCCN5C[C@H](F)C6)nc4c3F)c12)(C(C)C)C(C)C. The zero-order chi connectivity index (χ0) is 38.1. The molecule has 3 aromatic carbocycles. The van der Waals surface area contributed by atoms with Gasteiger partial charge in [0.15, 0.2) is 5.82 Å². The first-order valence-electron chi connectivity index (χ1n) is 19.8. The van der Waals surface area contributed by atoms with E-state index in [1.165, 1.54) is 12.1 Å². The van der Waals surface area contributed by atoms with Gasteiger partial charge in [-0.25, -0.2) is 13.2 Å². The molecule has 11 heteroatoms. The normalized spacial score (nSPS) is 24.3. The van der Waals surface area contributed by atoms with Gasteiger partial charge in [0.25, 0.3) is 0 Å². The van der Waals surface area contributed by atoms with Crippen LogP contribution in [0.15, 0.2) is 36.4 Å². The van der Waals surface area contributed by atoms with Crippen molar-refractivity contribution in [3.8, 4) is 34.4 Å². The number of nitrogens with one attached hydrogen (secondary N) is 1. The van der Waals surface area contributed by atoms with E-state index in [0.717, 1.165) is 45.3 Å². The molecular weight excluding hydrogens is 704 g/mol. The number of phenols is 1. The van der Waals surface area contributed by atoms with Crippen LogP contribution in [0.4, 0.5) is 19.0 Å². The summed E-state index contributed by atoms with van der Waals surface area (Å²) in [6.45, 7) is 16.2. The number of nitrogens with zero attached hydrogens (tertiary/aromatic N) is 4. The van der Waals surface area contributed by atoms with Crippen LogP contribution >= 0.6 is 0 Å². The van der Waals surface area contributed by atoms with E-state index in [4.69, 9.17) is 14.7 Å². The van der Waals surface area contributed by atoms with Gasteiger partial charge in [0, 0.05) is 54.5 Å². The molecule has 0 radical (unpaired) electrons. The molecule has 5 heterocycles. The van der Waals surface area contributed by atoms with Gasteiger partial charge in [-0.1, -0.05) is 59.6 Å². The van der Waals surface area contributed by atoms with Gasteiger partial charge in [0.1, 0.15) is 43.8 Å². The van der Waals surface area contributed by atoms with Gasteiger partial charge in [-0.05, 0) is 84.1 Å². The predicted octanol–water partition coefficient (Wildman–Crippen LogP) is 8.90. The third-order valence-electron chi connectivity index (χ3n) is 13.1. The Morgan fingerprint density at radius 1 is 0.963 bits per heavy atom. The zero-order valence-corrected chi connectivity index (χ0v) is 33.3. The van der Waals surface area contributed by atoms with Gasteiger partial charge in [-0.15, -0.1) is 5.54 Å². The third kappa shape index (κ3) is 6.22. The summed E-state index contributed by atoms with van der Waals surface area (Å²) in [5, 5.41) is 16.2. The number of aromatic hydroxyl groups is 1. The van der Waals surface area contributed by atoms with Gasteiger partial charge >= 0.3 is 6.01 Å². The van der Waals surface area contributed by atoms with Gasteiger partial charge in [0.2, 0.25) is 0 Å². The zero-order valence-electron chi connectivity index (χ0n) is 32.3. The highest BCUT2D eigenvalue weighted by Crippen LogP contribution is 2.44. The number of hydrogen-bond donors (Lipinski definition) is 2. The molecule has 0 amide bonds. The summed E-state index contributed by atoms with van der Waals surface area (Å²) in [4.78, 5) is 14.0. The number of benzene rings is 3. The number of rotatable bonds is 8. The smallest absolute Gasteiger partial charge is 0.319 e. The van der Waals surface area contributed by atoms with Crippen molar-refractivity contribution in [3.05, 3.63) is 53.6 Å². The van der Waals surface area contributed by atoms with Crippen LogP contribution in [-0.4, -0.2) is 84.6 Å². The summed E-state index contributed by atoms with van der Waals surface area (Å²) < 4.78 is 54.4. The maximum Gasteiger partial charge on any atom is 0.319 e. The monoisotopic (exact) mass is 755 g/mol. The van der Waals surface area contributed by atoms with Crippen LogP contribution in [0.25, 0.3) is 32.8 Å². The van der Waals surface area contributed by atoms with E-state index in [9.17, 15) is 9.50 Å². The number of piperazine rings is 1. The maximum absolute atomic E-state index is 17.4. The van der Waals surface area contributed by atoms with E-state index >= 15 is 8.78 Å². The van der Waals surface area contributed by atoms with Crippen molar-refractivity contribution in [2.24, 2.45) is 0 Å². The van der Waals surface area contributed by atoms with E-state index in [-0.39, 0.29) is 35.0 Å². The molecule has 2 N–H and O–H groups in total. The van der Waals surface area contributed by atoms with Gasteiger partial charge in [-0.2, -0.15) is 9.97 Å². The molecule has 1 aromatic heterocycles. The molecule has 54 heavy (non-hydrogen) atoms. The molecule has 7 nitrogen and oxygen atoms in total. The quantitative estimate of drug-likeness (QED) is 0.138. The molecule has 286 valence electrons. The predicted molar refractivity (Wildman–Crippen MR) is 213 cm³/mol. The first-order chi connectivity index (χ1) is 25.8. The Labute approximate surface area is 317 Å². The Balaban J connectivity index is 1.29. The molecule has 2 bridgehead atoms. The molecule has 4 atom stereocenters. The number of aromatic nitrogens is 2. The second kappa shape index (κ2) is 14.0. The van der Waals surface area contributed by atoms with Crippen LogP contribution in [0.5, 0.6) is 11.8 Å². The van der Waals surface area contributed by atoms with Crippen molar-refractivity contribution >= 4 is 35.6 Å². The summed E-state index contributed by atoms with van der Waals surface area (Å²) in [5.74, 6) is 2.74. The fourth-order valence-electron chi connectivity index (χ4n) is 10.6. The van der Waals surface area contributed by atoms with Crippen LogP contribution in [0.1, 0.15) is 79.2 Å². The third-order valence-corrected chi connectivity index (χ3v) is 19.4. The summed E-state index contributed by atoms with van der Waals surface area (Å²) in [5.41, 5.74) is 5.04. The van der Waals surface area contributed by atoms with Crippen molar-refractivity contribution in [2.75, 3.05) is 37.7 Å². The lowest BCUT2D eigenvalue weighted by molar-refractivity contribution is 0.107. The minimum atomic E-state index is -2.26. The van der Waals surface area contributed by atoms with E-state index < -0.39 is 31.4 Å². The lowest BCUT2D eigenvalue weighted by atomic mass is 9.93. The molecule has 4 aliphatic heterocycles.